The van der Waals surface area contributed by atoms with Crippen molar-refractivity contribution in [2.45, 2.75) is 45.2 Å². The molecule has 1 unspecified atom stereocenters. The molecular formula is C33H36ClN3O2. The minimum absolute atomic E-state index is 0.0267. The van der Waals surface area contributed by atoms with E-state index in [1.54, 1.807) is 7.11 Å². The van der Waals surface area contributed by atoms with E-state index in [1.807, 2.05) is 59.2 Å². The Kier molecular flexibility index (Phi) is 8.80. The van der Waals surface area contributed by atoms with E-state index in [-0.39, 0.29) is 5.56 Å². The smallest absolute Gasteiger partial charge is 0.261 e. The number of nitrogens with zero attached hydrogens (tertiary/aromatic N) is 3. The molecule has 1 atom stereocenters. The molecule has 1 saturated heterocycles. The number of benzene rings is 3. The molecule has 2 heterocycles. The highest BCUT2D eigenvalue weighted by molar-refractivity contribution is 6.30. The summed E-state index contributed by atoms with van der Waals surface area (Å²) in [6.07, 6.45) is 8.33. The Labute approximate surface area is 235 Å². The molecule has 0 bridgehead atoms. The maximum atomic E-state index is 13.6. The molecular weight excluding hydrogens is 506 g/mol. The number of methoxy groups -OCH3 is 1. The summed E-state index contributed by atoms with van der Waals surface area (Å²) in [7, 11) is 1.61. The zero-order chi connectivity index (χ0) is 27.2. The van der Waals surface area contributed by atoms with Gasteiger partial charge in [0.25, 0.3) is 5.56 Å². The van der Waals surface area contributed by atoms with Crippen LogP contribution in [-0.2, 0) is 6.54 Å². The van der Waals surface area contributed by atoms with Crippen LogP contribution in [0.25, 0.3) is 23.1 Å². The Morgan fingerprint density at radius 2 is 1.74 bits per heavy atom. The van der Waals surface area contributed by atoms with Crippen LogP contribution in [0, 0.1) is 5.92 Å². The molecule has 3 aromatic carbocycles. The predicted octanol–water partition coefficient (Wildman–Crippen LogP) is 7.48. The topological polar surface area (TPSA) is 47.4 Å². The van der Waals surface area contributed by atoms with Crippen molar-refractivity contribution < 1.29 is 4.74 Å². The lowest BCUT2D eigenvalue weighted by Gasteiger charge is -2.36. The van der Waals surface area contributed by atoms with E-state index in [0.29, 0.717) is 46.0 Å². The summed E-state index contributed by atoms with van der Waals surface area (Å²) in [6, 6.07) is 24.4. The number of ether oxygens (including phenoxy) is 1. The summed E-state index contributed by atoms with van der Waals surface area (Å²) in [4.78, 5) is 21.1. The second kappa shape index (κ2) is 12.6. The molecule has 0 N–H and O–H groups in total. The number of likely N-dealkylation sites (tertiary alicyclic amines) is 1. The van der Waals surface area contributed by atoms with E-state index in [0.717, 1.165) is 31.5 Å². The highest BCUT2D eigenvalue weighted by Gasteiger charge is 2.23. The molecule has 0 saturated carbocycles. The van der Waals surface area contributed by atoms with Gasteiger partial charge in [-0.25, -0.2) is 4.98 Å². The lowest BCUT2D eigenvalue weighted by Crippen LogP contribution is -2.35. The molecule has 0 amide bonds. The number of piperidine rings is 1. The first-order valence-electron chi connectivity index (χ1n) is 13.8. The van der Waals surface area contributed by atoms with Gasteiger partial charge in [0.05, 0.1) is 12.5 Å². The minimum atomic E-state index is -0.0267. The third-order valence-electron chi connectivity index (χ3n) is 7.97. The third-order valence-corrected chi connectivity index (χ3v) is 8.22. The zero-order valence-corrected chi connectivity index (χ0v) is 23.5. The van der Waals surface area contributed by atoms with Crippen molar-refractivity contribution in [3.05, 3.63) is 105 Å². The van der Waals surface area contributed by atoms with Crippen molar-refractivity contribution in [1.82, 2.24) is 14.5 Å². The van der Waals surface area contributed by atoms with Crippen LogP contribution in [-0.4, -0.2) is 34.7 Å². The molecule has 1 aliphatic heterocycles. The van der Waals surface area contributed by atoms with Crippen LogP contribution in [0.15, 0.2) is 77.6 Å². The van der Waals surface area contributed by atoms with Gasteiger partial charge < -0.3 is 4.74 Å². The molecule has 6 heteroatoms. The largest absolute Gasteiger partial charge is 0.494 e. The Hall–Kier alpha value is -3.41. The molecule has 1 aromatic heterocycles. The van der Waals surface area contributed by atoms with Crippen LogP contribution < -0.4 is 10.3 Å². The van der Waals surface area contributed by atoms with E-state index in [1.165, 1.54) is 18.4 Å². The van der Waals surface area contributed by atoms with Crippen molar-refractivity contribution in [1.29, 1.82) is 0 Å². The fourth-order valence-corrected chi connectivity index (χ4v) is 5.72. The van der Waals surface area contributed by atoms with Crippen molar-refractivity contribution in [2.75, 3.05) is 20.2 Å². The van der Waals surface area contributed by atoms with Crippen molar-refractivity contribution in [3.8, 4) is 5.75 Å². The second-order valence-electron chi connectivity index (χ2n) is 10.4. The first-order chi connectivity index (χ1) is 19.0. The number of aromatic nitrogens is 2. The number of para-hydroxylation sites is 1. The molecule has 5 rings (SSSR count). The number of rotatable bonds is 9. The van der Waals surface area contributed by atoms with Gasteiger partial charge in [0.2, 0.25) is 0 Å². The summed E-state index contributed by atoms with van der Waals surface area (Å²) in [6.45, 7) is 5.18. The lowest BCUT2D eigenvalue weighted by molar-refractivity contribution is 0.136. The maximum Gasteiger partial charge on any atom is 0.261 e. The third kappa shape index (κ3) is 6.43. The molecule has 1 fully saturated rings. The molecule has 1 aliphatic rings. The van der Waals surface area contributed by atoms with Gasteiger partial charge in [-0.3, -0.25) is 14.3 Å². The molecule has 0 aliphatic carbocycles. The highest BCUT2D eigenvalue weighted by atomic mass is 35.5. The van der Waals surface area contributed by atoms with Crippen LogP contribution in [0.3, 0.4) is 0 Å². The van der Waals surface area contributed by atoms with Crippen LogP contribution in [0.4, 0.5) is 0 Å². The molecule has 0 spiro atoms. The second-order valence-corrected chi connectivity index (χ2v) is 10.8. The van der Waals surface area contributed by atoms with Crippen LogP contribution in [0.1, 0.15) is 55.6 Å². The molecule has 202 valence electrons. The Balaban J connectivity index is 1.29. The van der Waals surface area contributed by atoms with Gasteiger partial charge >= 0.3 is 0 Å². The highest BCUT2D eigenvalue weighted by Crippen LogP contribution is 2.29. The van der Waals surface area contributed by atoms with Gasteiger partial charge in [-0.2, -0.15) is 0 Å². The van der Waals surface area contributed by atoms with Crippen LogP contribution in [0.2, 0.25) is 5.02 Å². The van der Waals surface area contributed by atoms with Crippen LogP contribution >= 0.6 is 11.6 Å². The summed E-state index contributed by atoms with van der Waals surface area (Å²) >= 11 is 6.05. The number of hydrogen-bond donors (Lipinski definition) is 0. The van der Waals surface area contributed by atoms with Crippen LogP contribution in [0.5, 0.6) is 5.75 Å². The SMILES string of the molecule is COc1cccc2c(=O)n(CCCC3CCN(C(C)c4ccccc4)CC3)c(C=Cc3ccc(Cl)cc3)nc12. The Morgan fingerprint density at radius 1 is 1.00 bits per heavy atom. The summed E-state index contributed by atoms with van der Waals surface area (Å²) in [5, 5.41) is 1.28. The Morgan fingerprint density at radius 3 is 2.46 bits per heavy atom. The van der Waals surface area contributed by atoms with Gasteiger partial charge in [-0.05, 0) is 93.1 Å². The average Bonchev–Trinajstić information content (AvgIpc) is 2.98. The number of hydrogen-bond acceptors (Lipinski definition) is 4. The van der Waals surface area contributed by atoms with Crippen molar-refractivity contribution in [3.63, 3.8) is 0 Å². The standard InChI is InChI=1S/C33H36ClN3O2/c1-24(27-9-4-3-5-10-27)36-22-19-25(20-23-36)8-7-21-37-31(18-15-26-13-16-28(34)17-14-26)35-32-29(33(37)38)11-6-12-30(32)39-2/h3-6,9-18,24-25H,7-8,19-23H2,1-2H3. The summed E-state index contributed by atoms with van der Waals surface area (Å²) < 4.78 is 7.33. The van der Waals surface area contributed by atoms with Crippen molar-refractivity contribution in [2.24, 2.45) is 5.92 Å². The number of fused-ring (bicyclic) bond motifs is 1. The Bertz CT molecular complexity index is 1470. The summed E-state index contributed by atoms with van der Waals surface area (Å²) in [5.74, 6) is 1.93. The van der Waals surface area contributed by atoms with E-state index in [9.17, 15) is 4.79 Å². The normalized spacial score (nSPS) is 15.7. The van der Waals surface area contributed by atoms with E-state index < -0.39 is 0 Å². The quantitative estimate of drug-likeness (QED) is 0.220. The minimum Gasteiger partial charge on any atom is -0.494 e. The van der Waals surface area contributed by atoms with E-state index in [2.05, 4.69) is 42.2 Å². The summed E-state index contributed by atoms with van der Waals surface area (Å²) in [5.41, 5.74) is 2.95. The van der Waals surface area contributed by atoms with Gasteiger partial charge in [0, 0.05) is 17.6 Å². The van der Waals surface area contributed by atoms with E-state index in [4.69, 9.17) is 21.3 Å². The maximum absolute atomic E-state index is 13.6. The fourth-order valence-electron chi connectivity index (χ4n) is 5.60. The monoisotopic (exact) mass is 541 g/mol. The first kappa shape index (κ1) is 27.2. The van der Waals surface area contributed by atoms with Gasteiger partial charge in [-0.1, -0.05) is 66.2 Å². The predicted molar refractivity (Wildman–Crippen MR) is 161 cm³/mol. The van der Waals surface area contributed by atoms with Gasteiger partial charge in [-0.15, -0.1) is 0 Å². The van der Waals surface area contributed by atoms with Gasteiger partial charge in [0.1, 0.15) is 17.1 Å². The molecule has 5 nitrogen and oxygen atoms in total. The fraction of sp³-hybridized carbons (Fsp3) is 0.333. The first-order valence-corrected chi connectivity index (χ1v) is 14.2. The molecule has 0 radical (unpaired) electrons. The number of halogens is 1. The lowest BCUT2D eigenvalue weighted by atomic mass is 9.91. The molecule has 39 heavy (non-hydrogen) atoms. The van der Waals surface area contributed by atoms with E-state index >= 15 is 0 Å². The van der Waals surface area contributed by atoms with Crippen molar-refractivity contribution >= 4 is 34.7 Å². The molecule has 4 aromatic rings. The zero-order valence-electron chi connectivity index (χ0n) is 22.7. The average molecular weight is 542 g/mol. The van der Waals surface area contributed by atoms with Gasteiger partial charge in [0.15, 0.2) is 0 Å².